The van der Waals surface area contributed by atoms with Crippen LogP contribution in [0.3, 0.4) is 0 Å². The molecule has 0 heterocycles. The Labute approximate surface area is 86.4 Å². The summed E-state index contributed by atoms with van der Waals surface area (Å²) < 4.78 is 0. The summed E-state index contributed by atoms with van der Waals surface area (Å²) in [5.41, 5.74) is 5.91. The molecule has 14 heavy (non-hydrogen) atoms. The van der Waals surface area contributed by atoms with Gasteiger partial charge in [0.05, 0.1) is 0 Å². The van der Waals surface area contributed by atoms with Crippen LogP contribution in [0.4, 0.5) is 0 Å². The van der Waals surface area contributed by atoms with Gasteiger partial charge in [-0.05, 0) is 25.7 Å². The highest BCUT2D eigenvalue weighted by atomic mass is 16.1. The number of hydrogen-bond donors (Lipinski definition) is 2. The number of hydrogen-bond acceptors (Lipinski definition) is 2. The van der Waals surface area contributed by atoms with Crippen molar-refractivity contribution < 1.29 is 4.79 Å². The topological polar surface area (TPSA) is 55.1 Å². The second-order valence-corrected chi connectivity index (χ2v) is 4.45. The quantitative estimate of drug-likeness (QED) is 0.636. The van der Waals surface area contributed by atoms with Crippen LogP contribution >= 0.6 is 0 Å². The third-order valence-corrected chi connectivity index (χ3v) is 2.99. The number of nitrogens with two attached hydrogens (primary N) is 1. The monoisotopic (exact) mass is 198 g/mol. The molecule has 1 aliphatic carbocycles. The van der Waals surface area contributed by atoms with Gasteiger partial charge in [-0.2, -0.15) is 0 Å². The zero-order valence-corrected chi connectivity index (χ0v) is 9.14. The maximum Gasteiger partial charge on any atom is 0.220 e. The molecule has 1 aliphatic rings. The van der Waals surface area contributed by atoms with E-state index in [4.69, 9.17) is 5.73 Å². The Morgan fingerprint density at radius 3 is 2.64 bits per heavy atom. The summed E-state index contributed by atoms with van der Waals surface area (Å²) in [6.45, 7) is 2.80. The highest BCUT2D eigenvalue weighted by Crippen LogP contribution is 2.27. The van der Waals surface area contributed by atoms with Gasteiger partial charge in [0, 0.05) is 18.5 Å². The van der Waals surface area contributed by atoms with E-state index in [1.807, 2.05) is 0 Å². The van der Waals surface area contributed by atoms with Crippen LogP contribution in [0, 0.1) is 0 Å². The number of carbonyl (C=O) groups is 1. The van der Waals surface area contributed by atoms with Gasteiger partial charge < -0.3 is 11.1 Å². The lowest BCUT2D eigenvalue weighted by molar-refractivity contribution is -0.121. The van der Waals surface area contributed by atoms with E-state index in [0.717, 1.165) is 32.1 Å². The van der Waals surface area contributed by atoms with E-state index in [0.29, 0.717) is 13.0 Å². The minimum atomic E-state index is -0.0829. The molecule has 0 atom stereocenters. The van der Waals surface area contributed by atoms with Crippen LogP contribution in [0.1, 0.15) is 51.9 Å². The standard InChI is InChI=1S/C11H22N2O/c1-2-3-4-6-10(14)13-9-11(12)7-5-8-11/h2-9,12H2,1H3,(H,13,14). The summed E-state index contributed by atoms with van der Waals surface area (Å²) in [4.78, 5) is 11.3. The molecule has 3 heteroatoms. The number of carbonyl (C=O) groups excluding carboxylic acids is 1. The molecule has 3 nitrogen and oxygen atoms in total. The summed E-state index contributed by atoms with van der Waals surface area (Å²) in [5, 5.41) is 2.92. The van der Waals surface area contributed by atoms with Gasteiger partial charge in [-0.3, -0.25) is 4.79 Å². The normalized spacial score (nSPS) is 18.7. The Morgan fingerprint density at radius 1 is 1.43 bits per heavy atom. The smallest absolute Gasteiger partial charge is 0.220 e. The van der Waals surface area contributed by atoms with Crippen LogP contribution in [0.2, 0.25) is 0 Å². The first-order valence-electron chi connectivity index (χ1n) is 5.72. The van der Waals surface area contributed by atoms with Crippen molar-refractivity contribution in [2.24, 2.45) is 5.73 Å². The van der Waals surface area contributed by atoms with Gasteiger partial charge in [0.2, 0.25) is 5.91 Å². The van der Waals surface area contributed by atoms with Crippen molar-refractivity contribution in [1.82, 2.24) is 5.32 Å². The van der Waals surface area contributed by atoms with E-state index in [1.165, 1.54) is 6.42 Å². The highest BCUT2D eigenvalue weighted by molar-refractivity contribution is 5.75. The molecule has 3 N–H and O–H groups in total. The zero-order valence-electron chi connectivity index (χ0n) is 9.14. The maximum absolute atomic E-state index is 11.3. The molecule has 0 aromatic carbocycles. The maximum atomic E-state index is 11.3. The summed E-state index contributed by atoms with van der Waals surface area (Å²) in [6, 6.07) is 0. The molecule has 1 fully saturated rings. The van der Waals surface area contributed by atoms with Crippen molar-refractivity contribution in [3.8, 4) is 0 Å². The van der Waals surface area contributed by atoms with E-state index < -0.39 is 0 Å². The number of unbranched alkanes of at least 4 members (excludes halogenated alkanes) is 2. The van der Waals surface area contributed by atoms with Crippen molar-refractivity contribution in [2.45, 2.75) is 57.4 Å². The minimum Gasteiger partial charge on any atom is -0.354 e. The van der Waals surface area contributed by atoms with Gasteiger partial charge in [-0.15, -0.1) is 0 Å². The molecule has 1 rings (SSSR count). The Hall–Kier alpha value is -0.570. The molecule has 0 unspecified atom stereocenters. The fourth-order valence-corrected chi connectivity index (χ4v) is 1.71. The van der Waals surface area contributed by atoms with Crippen LogP contribution in [0.15, 0.2) is 0 Å². The van der Waals surface area contributed by atoms with Gasteiger partial charge in [-0.1, -0.05) is 19.8 Å². The van der Waals surface area contributed by atoms with Gasteiger partial charge in [0.1, 0.15) is 0 Å². The minimum absolute atomic E-state index is 0.0829. The van der Waals surface area contributed by atoms with E-state index in [-0.39, 0.29) is 11.4 Å². The highest BCUT2D eigenvalue weighted by Gasteiger charge is 2.32. The zero-order chi connectivity index (χ0) is 10.4. The largest absolute Gasteiger partial charge is 0.354 e. The van der Waals surface area contributed by atoms with Crippen LogP contribution < -0.4 is 11.1 Å². The molecule has 0 aromatic rings. The van der Waals surface area contributed by atoms with Crippen LogP contribution in [-0.2, 0) is 4.79 Å². The van der Waals surface area contributed by atoms with Crippen molar-refractivity contribution in [3.63, 3.8) is 0 Å². The molecule has 1 amide bonds. The number of rotatable bonds is 6. The van der Waals surface area contributed by atoms with Crippen molar-refractivity contribution >= 4 is 5.91 Å². The van der Waals surface area contributed by atoms with Crippen LogP contribution in [0.25, 0.3) is 0 Å². The first kappa shape index (κ1) is 11.5. The first-order chi connectivity index (χ1) is 6.66. The molecule has 82 valence electrons. The molecular formula is C11H22N2O. The average molecular weight is 198 g/mol. The summed E-state index contributed by atoms with van der Waals surface area (Å²) >= 11 is 0. The third-order valence-electron chi connectivity index (χ3n) is 2.99. The first-order valence-corrected chi connectivity index (χ1v) is 5.72. The van der Waals surface area contributed by atoms with E-state index in [1.54, 1.807) is 0 Å². The molecule has 1 saturated carbocycles. The molecule has 0 spiro atoms. The van der Waals surface area contributed by atoms with Gasteiger partial charge in [0.15, 0.2) is 0 Å². The average Bonchev–Trinajstić information content (AvgIpc) is 2.12. The van der Waals surface area contributed by atoms with Crippen molar-refractivity contribution in [2.75, 3.05) is 6.54 Å². The number of nitrogens with one attached hydrogen (secondary N) is 1. The van der Waals surface area contributed by atoms with Crippen molar-refractivity contribution in [3.05, 3.63) is 0 Å². The molecule has 0 saturated heterocycles. The molecule has 0 bridgehead atoms. The fraction of sp³-hybridized carbons (Fsp3) is 0.909. The Kier molecular flexibility index (Phi) is 4.39. The van der Waals surface area contributed by atoms with Crippen LogP contribution in [0.5, 0.6) is 0 Å². The predicted octanol–water partition coefficient (Wildman–Crippen LogP) is 1.56. The SMILES string of the molecule is CCCCCC(=O)NCC1(N)CCC1. The second kappa shape index (κ2) is 5.35. The lowest BCUT2D eigenvalue weighted by atomic mass is 9.78. The molecule has 0 aromatic heterocycles. The third kappa shape index (κ3) is 3.66. The molecule has 0 radical (unpaired) electrons. The lowest BCUT2D eigenvalue weighted by Gasteiger charge is -2.38. The van der Waals surface area contributed by atoms with E-state index >= 15 is 0 Å². The van der Waals surface area contributed by atoms with Crippen LogP contribution in [-0.4, -0.2) is 18.0 Å². The fourth-order valence-electron chi connectivity index (χ4n) is 1.71. The Balaban J connectivity index is 2.03. The Bertz CT molecular complexity index is 188. The predicted molar refractivity (Wildman–Crippen MR) is 57.9 cm³/mol. The lowest BCUT2D eigenvalue weighted by Crippen LogP contribution is -2.54. The van der Waals surface area contributed by atoms with Crippen molar-refractivity contribution in [1.29, 1.82) is 0 Å². The Morgan fingerprint density at radius 2 is 2.14 bits per heavy atom. The summed E-state index contributed by atoms with van der Waals surface area (Å²) in [6.07, 6.45) is 7.28. The van der Waals surface area contributed by atoms with Gasteiger partial charge in [0.25, 0.3) is 0 Å². The summed E-state index contributed by atoms with van der Waals surface area (Å²) in [5.74, 6) is 0.162. The molecule has 0 aliphatic heterocycles. The van der Waals surface area contributed by atoms with E-state index in [2.05, 4.69) is 12.2 Å². The van der Waals surface area contributed by atoms with E-state index in [9.17, 15) is 4.79 Å². The van der Waals surface area contributed by atoms with Gasteiger partial charge >= 0.3 is 0 Å². The van der Waals surface area contributed by atoms with Gasteiger partial charge in [-0.25, -0.2) is 0 Å². The number of amides is 1. The second-order valence-electron chi connectivity index (χ2n) is 4.45. The molecular weight excluding hydrogens is 176 g/mol. The summed E-state index contributed by atoms with van der Waals surface area (Å²) in [7, 11) is 0.